The van der Waals surface area contributed by atoms with Crippen LogP contribution >= 0.6 is 39.7 Å². The summed E-state index contributed by atoms with van der Waals surface area (Å²) in [6.07, 6.45) is 3.61. The molecule has 32 heavy (non-hydrogen) atoms. The van der Waals surface area contributed by atoms with Gasteiger partial charge in [-0.1, -0.05) is 47.5 Å². The van der Waals surface area contributed by atoms with Gasteiger partial charge in [0.05, 0.1) is 17.6 Å². The molecule has 0 aliphatic carbocycles. The average molecular weight is 534 g/mol. The largest absolute Gasteiger partial charge is 0.316 e. The van der Waals surface area contributed by atoms with Crippen molar-refractivity contribution in [1.82, 2.24) is 19.6 Å². The highest BCUT2D eigenvalue weighted by Gasteiger charge is 2.11. The third kappa shape index (κ3) is 5.53. The van der Waals surface area contributed by atoms with Gasteiger partial charge < -0.3 is 10.6 Å². The Kier molecular flexibility index (Phi) is 6.88. The minimum Gasteiger partial charge on any atom is -0.316 e. The van der Waals surface area contributed by atoms with E-state index in [9.17, 15) is 4.39 Å². The summed E-state index contributed by atoms with van der Waals surface area (Å²) in [5.41, 5.74) is 2.75. The number of benzene rings is 2. The molecule has 0 saturated heterocycles. The first-order valence-corrected chi connectivity index (χ1v) is 11.3. The zero-order valence-corrected chi connectivity index (χ0v) is 20.2. The Morgan fingerprint density at radius 2 is 1.84 bits per heavy atom. The van der Waals surface area contributed by atoms with Crippen LogP contribution in [0.5, 0.6) is 0 Å². The second kappa shape index (κ2) is 9.81. The number of anilines is 2. The Labute approximate surface area is 203 Å². The van der Waals surface area contributed by atoms with E-state index in [-0.39, 0.29) is 12.4 Å². The lowest BCUT2D eigenvalue weighted by molar-refractivity contribution is 0.586. The molecule has 0 radical (unpaired) electrons. The molecule has 0 unspecified atom stereocenters. The van der Waals surface area contributed by atoms with Gasteiger partial charge in [0.15, 0.2) is 16.7 Å². The van der Waals surface area contributed by atoms with Crippen molar-refractivity contribution in [3.05, 3.63) is 92.9 Å². The molecular formula is C22H19BrClFN6S. The van der Waals surface area contributed by atoms with Gasteiger partial charge in [0.25, 0.3) is 0 Å². The van der Waals surface area contributed by atoms with E-state index >= 15 is 0 Å². The SMILES string of the molecule is Cc1ccc(Cn2cc(Br)c(NC(=S)Nc3ccn(Cc4c(F)cccc4Cl)n3)n2)cc1. The second-order valence-corrected chi connectivity index (χ2v) is 8.86. The summed E-state index contributed by atoms with van der Waals surface area (Å²) < 4.78 is 18.2. The predicted octanol–water partition coefficient (Wildman–Crippen LogP) is 5.85. The number of aryl methyl sites for hydroxylation is 1. The van der Waals surface area contributed by atoms with Crippen LogP contribution in [-0.2, 0) is 13.1 Å². The molecule has 2 aromatic heterocycles. The standard InChI is InChI=1S/C22H19BrClFN6S/c1-14-5-7-15(8-6-14)11-31-13-17(23)21(29-31)27-22(32)26-20-9-10-30(28-20)12-16-18(24)3-2-4-19(16)25/h2-10,13H,11-12H2,1H3,(H2,26,27,28,29,32). The smallest absolute Gasteiger partial charge is 0.177 e. The number of hydrogen-bond donors (Lipinski definition) is 2. The van der Waals surface area contributed by atoms with E-state index in [1.54, 1.807) is 29.1 Å². The van der Waals surface area contributed by atoms with Crippen LogP contribution in [0.15, 0.2) is 65.4 Å². The Morgan fingerprint density at radius 3 is 2.59 bits per heavy atom. The van der Waals surface area contributed by atoms with Crippen LogP contribution in [0, 0.1) is 12.7 Å². The monoisotopic (exact) mass is 532 g/mol. The maximum atomic E-state index is 14.0. The van der Waals surface area contributed by atoms with Gasteiger partial charge in [0, 0.05) is 29.0 Å². The highest BCUT2D eigenvalue weighted by atomic mass is 79.9. The molecule has 4 rings (SSSR count). The van der Waals surface area contributed by atoms with Crippen molar-refractivity contribution < 1.29 is 4.39 Å². The van der Waals surface area contributed by atoms with Crippen LogP contribution < -0.4 is 10.6 Å². The number of nitrogens with zero attached hydrogens (tertiary/aromatic N) is 4. The molecule has 6 nitrogen and oxygen atoms in total. The Balaban J connectivity index is 1.37. The van der Waals surface area contributed by atoms with Gasteiger partial charge in [-0.05, 0) is 52.8 Å². The maximum absolute atomic E-state index is 14.0. The Bertz CT molecular complexity index is 1230. The van der Waals surface area contributed by atoms with Crippen molar-refractivity contribution in [3.8, 4) is 0 Å². The lowest BCUT2D eigenvalue weighted by atomic mass is 10.1. The highest BCUT2D eigenvalue weighted by Crippen LogP contribution is 2.22. The topological polar surface area (TPSA) is 59.7 Å². The average Bonchev–Trinajstić information content (AvgIpc) is 3.32. The zero-order valence-electron chi connectivity index (χ0n) is 17.0. The van der Waals surface area contributed by atoms with Crippen LogP contribution in [0.4, 0.5) is 16.0 Å². The van der Waals surface area contributed by atoms with Crippen molar-refractivity contribution in [2.24, 2.45) is 0 Å². The maximum Gasteiger partial charge on any atom is 0.177 e. The van der Waals surface area contributed by atoms with Gasteiger partial charge >= 0.3 is 0 Å². The molecule has 10 heteroatoms. The van der Waals surface area contributed by atoms with E-state index in [4.69, 9.17) is 23.8 Å². The number of halogens is 3. The van der Waals surface area contributed by atoms with Gasteiger partial charge in [-0.15, -0.1) is 0 Å². The van der Waals surface area contributed by atoms with E-state index in [0.717, 1.165) is 10.0 Å². The summed E-state index contributed by atoms with van der Waals surface area (Å²) in [6, 6.07) is 14.6. The summed E-state index contributed by atoms with van der Waals surface area (Å²) in [5.74, 6) is 0.739. The number of rotatable bonds is 6. The fourth-order valence-electron chi connectivity index (χ4n) is 3.06. The van der Waals surface area contributed by atoms with Gasteiger partial charge in [-0.2, -0.15) is 10.2 Å². The van der Waals surface area contributed by atoms with Crippen molar-refractivity contribution in [2.75, 3.05) is 10.6 Å². The summed E-state index contributed by atoms with van der Waals surface area (Å²) >= 11 is 15.0. The molecule has 4 aromatic rings. The van der Waals surface area contributed by atoms with Crippen molar-refractivity contribution in [3.63, 3.8) is 0 Å². The highest BCUT2D eigenvalue weighted by molar-refractivity contribution is 9.10. The summed E-state index contributed by atoms with van der Waals surface area (Å²) in [6.45, 7) is 2.91. The number of hydrogen-bond acceptors (Lipinski definition) is 3. The first-order valence-electron chi connectivity index (χ1n) is 9.70. The van der Waals surface area contributed by atoms with Crippen LogP contribution in [0.1, 0.15) is 16.7 Å². The lowest BCUT2D eigenvalue weighted by Gasteiger charge is -2.08. The molecule has 2 aromatic carbocycles. The molecule has 2 heterocycles. The minimum atomic E-state index is -0.370. The zero-order chi connectivity index (χ0) is 22.7. The molecule has 0 aliphatic rings. The van der Waals surface area contributed by atoms with E-state index in [0.29, 0.717) is 33.9 Å². The van der Waals surface area contributed by atoms with E-state index < -0.39 is 0 Å². The fraction of sp³-hybridized carbons (Fsp3) is 0.136. The Hall–Kier alpha value is -2.75. The molecule has 0 fully saturated rings. The molecule has 0 spiro atoms. The summed E-state index contributed by atoms with van der Waals surface area (Å²) in [4.78, 5) is 0. The third-order valence-electron chi connectivity index (χ3n) is 4.68. The van der Waals surface area contributed by atoms with Gasteiger partial charge in [0.2, 0.25) is 0 Å². The van der Waals surface area contributed by atoms with E-state index in [1.165, 1.54) is 11.6 Å². The normalized spacial score (nSPS) is 10.9. The van der Waals surface area contributed by atoms with E-state index in [1.807, 2.05) is 10.9 Å². The summed E-state index contributed by atoms with van der Waals surface area (Å²) in [7, 11) is 0. The van der Waals surface area contributed by atoms with Gasteiger partial charge in [0.1, 0.15) is 5.82 Å². The first kappa shape index (κ1) is 22.4. The quantitative estimate of drug-likeness (QED) is 0.305. The van der Waals surface area contributed by atoms with Crippen LogP contribution in [0.2, 0.25) is 5.02 Å². The van der Waals surface area contributed by atoms with Crippen LogP contribution in [0.3, 0.4) is 0 Å². The Morgan fingerprint density at radius 1 is 1.06 bits per heavy atom. The minimum absolute atomic E-state index is 0.211. The van der Waals surface area contributed by atoms with Crippen LogP contribution in [-0.4, -0.2) is 24.7 Å². The lowest BCUT2D eigenvalue weighted by Crippen LogP contribution is -2.20. The molecule has 0 atom stereocenters. The molecule has 0 amide bonds. The predicted molar refractivity (Wildman–Crippen MR) is 133 cm³/mol. The van der Waals surface area contributed by atoms with Crippen molar-refractivity contribution >= 4 is 56.5 Å². The summed E-state index contributed by atoms with van der Waals surface area (Å²) in [5, 5.41) is 15.7. The van der Waals surface area contributed by atoms with Crippen molar-refractivity contribution in [1.29, 1.82) is 0 Å². The molecule has 164 valence electrons. The van der Waals surface area contributed by atoms with Crippen LogP contribution in [0.25, 0.3) is 0 Å². The van der Waals surface area contributed by atoms with E-state index in [2.05, 4.69) is 68.0 Å². The molecule has 0 bridgehead atoms. The molecule has 2 N–H and O–H groups in total. The van der Waals surface area contributed by atoms with Gasteiger partial charge in [-0.3, -0.25) is 9.36 Å². The molecule has 0 saturated carbocycles. The number of thiocarbonyl (C=S) groups is 1. The first-order chi connectivity index (χ1) is 15.4. The fourth-order valence-corrected chi connectivity index (χ4v) is 3.90. The molecule has 0 aliphatic heterocycles. The number of aromatic nitrogens is 4. The second-order valence-electron chi connectivity index (χ2n) is 7.19. The van der Waals surface area contributed by atoms with Gasteiger partial charge in [-0.25, -0.2) is 4.39 Å². The number of nitrogens with one attached hydrogen (secondary N) is 2. The third-order valence-corrected chi connectivity index (χ3v) is 5.82. The molecular weight excluding hydrogens is 515 g/mol. The van der Waals surface area contributed by atoms with Crippen molar-refractivity contribution in [2.45, 2.75) is 20.0 Å².